The van der Waals surface area contributed by atoms with Crippen LogP contribution in [0.15, 0.2) is 0 Å². The van der Waals surface area contributed by atoms with E-state index in [0.717, 1.165) is 77.0 Å². The Hall–Kier alpha value is -1.40. The maximum atomic E-state index is 12.2. The number of aliphatic hydroxyl groups is 4. The van der Waals surface area contributed by atoms with Gasteiger partial charge in [0, 0.05) is 25.9 Å². The highest BCUT2D eigenvalue weighted by Gasteiger charge is 2.65. The molecule has 0 aromatic heterocycles. The van der Waals surface area contributed by atoms with Crippen LogP contribution in [0.2, 0.25) is 0 Å². The quantitative estimate of drug-likeness (QED) is 0.0838. The zero-order chi connectivity index (χ0) is 49.8. The van der Waals surface area contributed by atoms with Gasteiger partial charge in [-0.1, -0.05) is 41.5 Å². The second kappa shape index (κ2) is 20.8. The second-order valence-corrected chi connectivity index (χ2v) is 28.2. The summed E-state index contributed by atoms with van der Waals surface area (Å²) < 4.78 is 61.0. The average Bonchev–Trinajstić information content (AvgIpc) is 3.81. The molecule has 68 heavy (non-hydrogen) atoms. The van der Waals surface area contributed by atoms with Gasteiger partial charge in [-0.2, -0.15) is 16.8 Å². The topological polar surface area (TPSA) is 248 Å². The van der Waals surface area contributed by atoms with Gasteiger partial charge in [-0.05, 0) is 208 Å². The fourth-order valence-corrected chi connectivity index (χ4v) is 19.0. The third kappa shape index (κ3) is 10.9. The van der Waals surface area contributed by atoms with E-state index in [2.05, 4.69) is 52.2 Å². The molecule has 8 saturated carbocycles. The lowest BCUT2D eigenvalue weighted by Crippen LogP contribution is -2.58. The molecular weight excluding hydrogens is 909 g/mol. The van der Waals surface area contributed by atoms with Crippen molar-refractivity contribution in [3.63, 3.8) is 0 Å². The molecule has 2 amide bonds. The Labute approximate surface area is 408 Å². The van der Waals surface area contributed by atoms with Crippen LogP contribution in [-0.4, -0.2) is 107 Å². The van der Waals surface area contributed by atoms with E-state index in [-0.39, 0.29) is 71.0 Å². The summed E-state index contributed by atoms with van der Waals surface area (Å²) in [6.45, 7) is 13.7. The van der Waals surface area contributed by atoms with E-state index < -0.39 is 31.7 Å². The number of hydrogen-bond acceptors (Lipinski definition) is 10. The molecule has 0 aromatic rings. The Kier molecular flexibility index (Phi) is 16.7. The van der Waals surface area contributed by atoms with Crippen molar-refractivity contribution in [3.05, 3.63) is 0 Å². The van der Waals surface area contributed by atoms with Gasteiger partial charge in [0.15, 0.2) is 0 Å². The van der Waals surface area contributed by atoms with Crippen LogP contribution in [0.5, 0.6) is 0 Å². The predicted molar refractivity (Wildman–Crippen MR) is 261 cm³/mol. The van der Waals surface area contributed by atoms with Crippen molar-refractivity contribution in [2.45, 2.75) is 194 Å². The molecule has 8 rings (SSSR count). The number of amides is 2. The molecule has 8 N–H and O–H groups in total. The molecule has 10 unspecified atom stereocenters. The maximum absolute atomic E-state index is 12.2. The lowest BCUT2D eigenvalue weighted by Gasteiger charge is -2.62. The number of fused-ring (bicyclic) bond motifs is 10. The molecular formula is C52H90N2O12S2. The fourth-order valence-electron chi connectivity index (χ4n) is 18.3. The van der Waals surface area contributed by atoms with E-state index in [0.29, 0.717) is 96.7 Å². The fraction of sp³-hybridized carbons (Fsp3) is 0.962. The minimum Gasteiger partial charge on any atom is -0.393 e. The van der Waals surface area contributed by atoms with Gasteiger partial charge in [-0.15, -0.1) is 0 Å². The van der Waals surface area contributed by atoms with Gasteiger partial charge in [0.25, 0.3) is 20.2 Å². The van der Waals surface area contributed by atoms with Crippen molar-refractivity contribution in [3.8, 4) is 0 Å². The summed E-state index contributed by atoms with van der Waals surface area (Å²) in [7, 11) is -8.14. The normalized spacial score (nSPS) is 45.1. The molecule has 0 aromatic carbocycles. The van der Waals surface area contributed by atoms with Crippen molar-refractivity contribution in [1.29, 1.82) is 0 Å². The van der Waals surface area contributed by atoms with Crippen LogP contribution in [0.4, 0.5) is 0 Å². The summed E-state index contributed by atoms with van der Waals surface area (Å²) in [6.07, 6.45) is 17.9. The molecule has 0 aliphatic heterocycles. The average molecular weight is 999 g/mol. The molecule has 20 atom stereocenters. The Bertz CT molecular complexity index is 1870. The van der Waals surface area contributed by atoms with Crippen LogP contribution < -0.4 is 10.6 Å². The molecule has 8 aliphatic rings. The SMILES string of the molecule is CC(CCC(=O)NCCS(=O)(=O)O)C1CCC2C3CCC4CC(O)CCC4(C)C3CC(O)C12C.C[C@H](CCC(=O)NCCS(=O)(=O)O)[C@H]1CC[C@H]2[C@@H]3CC[C@@H]4C[C@H](O)CC[C@]4(C)[C@H]3C[C@H](O)[C@]12C. The molecule has 16 heteroatoms. The van der Waals surface area contributed by atoms with Crippen molar-refractivity contribution >= 4 is 32.1 Å². The predicted octanol–water partition coefficient (Wildman–Crippen LogP) is 6.79. The van der Waals surface area contributed by atoms with Gasteiger partial charge in [-0.3, -0.25) is 18.7 Å². The first-order valence-electron chi connectivity index (χ1n) is 26.9. The van der Waals surface area contributed by atoms with Crippen LogP contribution in [0.25, 0.3) is 0 Å². The molecule has 14 nitrogen and oxygen atoms in total. The molecule has 0 spiro atoms. The lowest BCUT2D eigenvalue weighted by atomic mass is 9.43. The van der Waals surface area contributed by atoms with Crippen molar-refractivity contribution in [2.24, 2.45) is 92.7 Å². The van der Waals surface area contributed by atoms with Crippen molar-refractivity contribution < 1.29 is 56.0 Å². The monoisotopic (exact) mass is 999 g/mol. The Morgan fingerprint density at radius 2 is 0.897 bits per heavy atom. The maximum Gasteiger partial charge on any atom is 0.266 e. The summed E-state index contributed by atoms with van der Waals surface area (Å²) in [4.78, 5) is 24.4. The summed E-state index contributed by atoms with van der Waals surface area (Å²) in [6, 6.07) is 0. The summed E-state index contributed by atoms with van der Waals surface area (Å²) in [5, 5.41) is 48.9. The van der Waals surface area contributed by atoms with E-state index in [9.17, 15) is 46.9 Å². The largest absolute Gasteiger partial charge is 0.393 e. The Balaban J connectivity index is 0.000000201. The van der Waals surface area contributed by atoms with E-state index in [1.54, 1.807) is 0 Å². The van der Waals surface area contributed by atoms with Crippen LogP contribution in [0.1, 0.15) is 170 Å². The first-order chi connectivity index (χ1) is 31.7. The van der Waals surface area contributed by atoms with E-state index in [1.165, 1.54) is 25.7 Å². The number of carbonyl (C=O) groups excluding carboxylic acids is 2. The molecule has 0 bridgehead atoms. The van der Waals surface area contributed by atoms with Crippen LogP contribution in [0.3, 0.4) is 0 Å². The molecule has 0 saturated heterocycles. The highest BCUT2D eigenvalue weighted by molar-refractivity contribution is 7.86. The third-order valence-electron chi connectivity index (χ3n) is 22.0. The number of hydrogen-bond donors (Lipinski definition) is 8. The van der Waals surface area contributed by atoms with Gasteiger partial charge in [-0.25, -0.2) is 0 Å². The molecule has 8 fully saturated rings. The van der Waals surface area contributed by atoms with Gasteiger partial charge >= 0.3 is 0 Å². The summed E-state index contributed by atoms with van der Waals surface area (Å²) in [5.41, 5.74) is 0.210. The lowest BCUT2D eigenvalue weighted by molar-refractivity contribution is -0.175. The van der Waals surface area contributed by atoms with Gasteiger partial charge < -0.3 is 31.1 Å². The molecule has 392 valence electrons. The molecule has 0 heterocycles. The summed E-state index contributed by atoms with van der Waals surface area (Å²) in [5.74, 6) is 4.56. The molecule has 0 radical (unpaired) electrons. The van der Waals surface area contributed by atoms with E-state index in [1.807, 2.05) is 0 Å². The van der Waals surface area contributed by atoms with Gasteiger partial charge in [0.05, 0.1) is 35.9 Å². The van der Waals surface area contributed by atoms with E-state index >= 15 is 0 Å². The van der Waals surface area contributed by atoms with Crippen LogP contribution in [-0.2, 0) is 29.8 Å². The molecule has 8 aliphatic carbocycles. The van der Waals surface area contributed by atoms with Crippen LogP contribution >= 0.6 is 0 Å². The minimum atomic E-state index is -4.07. The van der Waals surface area contributed by atoms with Gasteiger partial charge in [0.2, 0.25) is 11.8 Å². The number of aliphatic hydroxyl groups excluding tert-OH is 4. The van der Waals surface area contributed by atoms with Crippen molar-refractivity contribution in [1.82, 2.24) is 10.6 Å². The smallest absolute Gasteiger partial charge is 0.266 e. The number of carbonyl (C=O) groups is 2. The highest BCUT2D eigenvalue weighted by Crippen LogP contribution is 2.70. The minimum absolute atomic E-state index is 0.0756. The highest BCUT2D eigenvalue weighted by atomic mass is 32.2. The number of nitrogens with one attached hydrogen (secondary N) is 2. The van der Waals surface area contributed by atoms with Gasteiger partial charge in [0.1, 0.15) is 0 Å². The zero-order valence-electron chi connectivity index (χ0n) is 42.2. The first kappa shape index (κ1) is 54.4. The Morgan fingerprint density at radius 1 is 0.529 bits per heavy atom. The Morgan fingerprint density at radius 3 is 1.25 bits per heavy atom. The van der Waals surface area contributed by atoms with Crippen LogP contribution in [0, 0.1) is 92.7 Å². The second-order valence-electron chi connectivity index (χ2n) is 25.1. The third-order valence-corrected chi connectivity index (χ3v) is 23.5. The zero-order valence-corrected chi connectivity index (χ0v) is 43.8. The summed E-state index contributed by atoms with van der Waals surface area (Å²) >= 11 is 0. The first-order valence-corrected chi connectivity index (χ1v) is 30.1. The van der Waals surface area contributed by atoms with E-state index in [4.69, 9.17) is 9.11 Å². The van der Waals surface area contributed by atoms with Crippen molar-refractivity contribution in [2.75, 3.05) is 24.6 Å². The standard InChI is InChI=1S/2C26H45NO6S/c2*1-16(4-9-24(30)27-12-13-34(31,32)33)20-7-8-21-19-6-5-17-14-18(28)10-11-25(17,2)22(19)15-23(29)26(20,21)3/h2*16-23,28-29H,4-15H2,1-3H3,(H,27,30)(H,31,32,33)/t16-,17-,18-,19+,20-,21+,22+,23+,25+,26-;/m1./s1. The number of rotatable bonds is 14.